The molecular formula is C20H20F2N6O3. The molecule has 4 rings (SSSR count). The minimum atomic E-state index is -2.76. The molecule has 162 valence electrons. The number of halogens is 2. The van der Waals surface area contributed by atoms with Crippen molar-refractivity contribution in [2.75, 3.05) is 20.2 Å². The van der Waals surface area contributed by atoms with Gasteiger partial charge in [-0.25, -0.2) is 23.4 Å². The molecule has 0 spiro atoms. The summed E-state index contributed by atoms with van der Waals surface area (Å²) < 4.78 is 33.4. The number of aliphatic hydroxyl groups is 1. The van der Waals surface area contributed by atoms with E-state index >= 15 is 0 Å². The van der Waals surface area contributed by atoms with Crippen molar-refractivity contribution in [1.29, 1.82) is 0 Å². The third-order valence-corrected chi connectivity index (χ3v) is 4.99. The van der Waals surface area contributed by atoms with Crippen molar-refractivity contribution in [2.45, 2.75) is 25.4 Å². The molecule has 0 atom stereocenters. The van der Waals surface area contributed by atoms with E-state index in [-0.39, 0.29) is 44.2 Å². The zero-order valence-electron chi connectivity index (χ0n) is 16.7. The Bertz CT molecular complexity index is 995. The van der Waals surface area contributed by atoms with Crippen molar-refractivity contribution in [3.05, 3.63) is 48.0 Å². The van der Waals surface area contributed by atoms with Crippen LogP contribution in [0.3, 0.4) is 0 Å². The summed E-state index contributed by atoms with van der Waals surface area (Å²) in [5.41, 5.74) is 1.55. The molecule has 4 heterocycles. The highest BCUT2D eigenvalue weighted by Gasteiger charge is 2.37. The molecule has 1 aliphatic rings. The highest BCUT2D eigenvalue weighted by atomic mass is 19.3. The highest BCUT2D eigenvalue weighted by Crippen LogP contribution is 2.28. The first kappa shape index (κ1) is 20.8. The van der Waals surface area contributed by atoms with Crippen LogP contribution in [0.2, 0.25) is 0 Å². The normalized spacial score (nSPS) is 15.7. The van der Waals surface area contributed by atoms with Gasteiger partial charge in [0, 0.05) is 38.2 Å². The Balaban J connectivity index is 1.71. The number of carbonyl (C=O) groups excluding carboxylic acids is 1. The summed E-state index contributed by atoms with van der Waals surface area (Å²) >= 11 is 0. The van der Waals surface area contributed by atoms with E-state index in [2.05, 4.69) is 20.1 Å². The number of hydrogen-bond acceptors (Lipinski definition) is 7. The lowest BCUT2D eigenvalue weighted by atomic mass is 10.1. The SMILES string of the molecule is COc1ccc(-n2nc(C(=O)N3CCC(F)(F)CC3)nc2-c2ccc(CO)cn2)cn1. The van der Waals surface area contributed by atoms with Gasteiger partial charge in [0.1, 0.15) is 5.69 Å². The van der Waals surface area contributed by atoms with Crippen LogP contribution in [0.4, 0.5) is 8.78 Å². The van der Waals surface area contributed by atoms with Gasteiger partial charge in [-0.15, -0.1) is 5.10 Å². The van der Waals surface area contributed by atoms with Crippen molar-refractivity contribution in [3.63, 3.8) is 0 Å². The number of likely N-dealkylation sites (tertiary alicyclic amines) is 1. The number of rotatable bonds is 5. The zero-order valence-corrected chi connectivity index (χ0v) is 16.7. The van der Waals surface area contributed by atoms with Crippen molar-refractivity contribution < 1.29 is 23.4 Å². The van der Waals surface area contributed by atoms with Gasteiger partial charge >= 0.3 is 0 Å². The summed E-state index contributed by atoms with van der Waals surface area (Å²) in [5, 5.41) is 13.6. The van der Waals surface area contributed by atoms with Crippen LogP contribution < -0.4 is 4.74 Å². The number of carbonyl (C=O) groups is 1. The molecular weight excluding hydrogens is 410 g/mol. The van der Waals surface area contributed by atoms with Crippen LogP contribution in [0.5, 0.6) is 5.88 Å². The lowest BCUT2D eigenvalue weighted by molar-refractivity contribution is -0.0496. The number of alkyl halides is 2. The summed E-state index contributed by atoms with van der Waals surface area (Å²) in [6.45, 7) is -0.293. The number of pyridine rings is 2. The molecule has 3 aromatic rings. The van der Waals surface area contributed by atoms with E-state index in [4.69, 9.17) is 4.74 Å². The molecule has 11 heteroatoms. The number of aliphatic hydroxyl groups excluding tert-OH is 1. The molecule has 3 aromatic heterocycles. The van der Waals surface area contributed by atoms with Gasteiger partial charge in [-0.05, 0) is 17.7 Å². The van der Waals surface area contributed by atoms with Crippen LogP contribution >= 0.6 is 0 Å². The van der Waals surface area contributed by atoms with E-state index in [1.165, 1.54) is 29.1 Å². The smallest absolute Gasteiger partial charge is 0.293 e. The summed E-state index contributed by atoms with van der Waals surface area (Å²) in [6, 6.07) is 6.67. The lowest BCUT2D eigenvalue weighted by Crippen LogP contribution is -2.43. The summed E-state index contributed by atoms with van der Waals surface area (Å²) in [5.74, 6) is -2.72. The maximum atomic E-state index is 13.5. The van der Waals surface area contributed by atoms with E-state index in [0.717, 1.165) is 0 Å². The molecule has 0 aliphatic carbocycles. The molecule has 1 aliphatic heterocycles. The third-order valence-electron chi connectivity index (χ3n) is 4.99. The van der Waals surface area contributed by atoms with Gasteiger partial charge in [-0.1, -0.05) is 6.07 Å². The second kappa shape index (κ2) is 8.34. The Kier molecular flexibility index (Phi) is 5.59. The lowest BCUT2D eigenvalue weighted by Gasteiger charge is -2.30. The van der Waals surface area contributed by atoms with Gasteiger partial charge in [0.05, 0.1) is 25.6 Å². The minimum Gasteiger partial charge on any atom is -0.481 e. The molecule has 0 unspecified atom stereocenters. The summed E-state index contributed by atoms with van der Waals surface area (Å²) in [4.78, 5) is 27.0. The van der Waals surface area contributed by atoms with Gasteiger partial charge in [0.25, 0.3) is 11.8 Å². The molecule has 0 aromatic carbocycles. The van der Waals surface area contributed by atoms with Crippen molar-refractivity contribution in [1.82, 2.24) is 29.6 Å². The monoisotopic (exact) mass is 430 g/mol. The van der Waals surface area contributed by atoms with Crippen LogP contribution in [0.1, 0.15) is 29.0 Å². The average molecular weight is 430 g/mol. The molecule has 1 N–H and O–H groups in total. The fourth-order valence-corrected chi connectivity index (χ4v) is 3.20. The Hall–Kier alpha value is -3.47. The number of hydrogen-bond donors (Lipinski definition) is 1. The average Bonchev–Trinajstić information content (AvgIpc) is 3.24. The van der Waals surface area contributed by atoms with Crippen LogP contribution in [0.25, 0.3) is 17.2 Å². The van der Waals surface area contributed by atoms with Gasteiger partial charge in [-0.2, -0.15) is 0 Å². The minimum absolute atomic E-state index is 0.0662. The molecule has 1 amide bonds. The van der Waals surface area contributed by atoms with E-state index in [9.17, 15) is 18.7 Å². The van der Waals surface area contributed by atoms with Gasteiger partial charge in [0.15, 0.2) is 5.82 Å². The fraction of sp³-hybridized carbons (Fsp3) is 0.350. The third kappa shape index (κ3) is 4.36. The van der Waals surface area contributed by atoms with Crippen LogP contribution in [0.15, 0.2) is 36.7 Å². The number of aromatic nitrogens is 5. The second-order valence-electron chi connectivity index (χ2n) is 7.09. The number of piperidine rings is 1. The summed E-state index contributed by atoms with van der Waals surface area (Å²) in [7, 11) is 1.49. The molecule has 0 radical (unpaired) electrons. The standard InChI is InChI=1S/C20H20F2N6O3/c1-31-16-5-3-14(11-24-16)28-18(15-4-2-13(12-29)10-23-15)25-17(26-28)19(30)27-8-6-20(21,22)7-9-27/h2-5,10-11,29H,6-9,12H2,1H3. The van der Waals surface area contributed by atoms with E-state index in [1.807, 2.05) is 0 Å². The van der Waals surface area contributed by atoms with Crippen LogP contribution in [-0.4, -0.2) is 66.8 Å². The topological polar surface area (TPSA) is 106 Å². The molecule has 31 heavy (non-hydrogen) atoms. The maximum Gasteiger partial charge on any atom is 0.293 e. The van der Waals surface area contributed by atoms with E-state index < -0.39 is 11.8 Å². The number of ether oxygens (including phenoxy) is 1. The van der Waals surface area contributed by atoms with E-state index in [0.29, 0.717) is 22.8 Å². The first-order chi connectivity index (χ1) is 14.9. The summed E-state index contributed by atoms with van der Waals surface area (Å²) in [6.07, 6.45) is 2.22. The second-order valence-corrected chi connectivity index (χ2v) is 7.09. The van der Waals surface area contributed by atoms with E-state index in [1.54, 1.807) is 24.3 Å². The Morgan fingerprint density at radius 3 is 2.52 bits per heavy atom. The maximum absolute atomic E-state index is 13.5. The number of amides is 1. The largest absolute Gasteiger partial charge is 0.481 e. The Morgan fingerprint density at radius 2 is 1.94 bits per heavy atom. The van der Waals surface area contributed by atoms with Crippen LogP contribution in [0, 0.1) is 0 Å². The number of methoxy groups -OCH3 is 1. The predicted octanol–water partition coefficient (Wildman–Crippen LogP) is 2.10. The molecule has 0 saturated carbocycles. The van der Waals surface area contributed by atoms with Crippen LogP contribution in [-0.2, 0) is 6.61 Å². The first-order valence-electron chi connectivity index (χ1n) is 9.61. The van der Waals surface area contributed by atoms with Crippen molar-refractivity contribution in [3.8, 4) is 23.1 Å². The zero-order chi connectivity index (χ0) is 22.0. The fourth-order valence-electron chi connectivity index (χ4n) is 3.20. The Morgan fingerprint density at radius 1 is 1.16 bits per heavy atom. The van der Waals surface area contributed by atoms with Gasteiger partial charge < -0.3 is 14.7 Å². The molecule has 9 nitrogen and oxygen atoms in total. The molecule has 0 bridgehead atoms. The quantitative estimate of drug-likeness (QED) is 0.661. The highest BCUT2D eigenvalue weighted by molar-refractivity contribution is 5.91. The Labute approximate surface area is 176 Å². The predicted molar refractivity (Wildman–Crippen MR) is 105 cm³/mol. The molecule has 1 fully saturated rings. The molecule has 1 saturated heterocycles. The van der Waals surface area contributed by atoms with Gasteiger partial charge in [-0.3, -0.25) is 9.78 Å². The van der Waals surface area contributed by atoms with Crippen molar-refractivity contribution in [2.24, 2.45) is 0 Å². The number of nitrogens with zero attached hydrogens (tertiary/aromatic N) is 6. The van der Waals surface area contributed by atoms with Crippen molar-refractivity contribution >= 4 is 5.91 Å². The van der Waals surface area contributed by atoms with Gasteiger partial charge in [0.2, 0.25) is 11.7 Å². The first-order valence-corrected chi connectivity index (χ1v) is 9.61.